The summed E-state index contributed by atoms with van der Waals surface area (Å²) in [5, 5.41) is 6.20. The second-order valence-corrected chi connectivity index (χ2v) is 5.64. The second kappa shape index (κ2) is 5.57. The molecule has 0 aliphatic rings. The zero-order chi connectivity index (χ0) is 14.8. The van der Waals surface area contributed by atoms with Crippen LogP contribution in [0.25, 0.3) is 11.0 Å². The number of nitrogens with one attached hydrogen (secondary N) is 1. The van der Waals surface area contributed by atoms with Crippen LogP contribution in [-0.4, -0.2) is 23.0 Å². The Hall–Kier alpha value is -2.34. The largest absolute Gasteiger partial charge is 0.459 e. The molecule has 0 aliphatic carbocycles. The van der Waals surface area contributed by atoms with E-state index in [9.17, 15) is 4.79 Å². The molecule has 6 heteroatoms. The summed E-state index contributed by atoms with van der Waals surface area (Å²) in [5.41, 5.74) is 0.827. The van der Waals surface area contributed by atoms with E-state index in [1.165, 1.54) is 11.3 Å². The number of thiazole rings is 1. The first-order chi connectivity index (χ1) is 10.1. The summed E-state index contributed by atoms with van der Waals surface area (Å²) in [6, 6.07) is 9.39. The minimum Gasteiger partial charge on any atom is -0.459 e. The van der Waals surface area contributed by atoms with Gasteiger partial charge in [-0.1, -0.05) is 18.2 Å². The molecule has 3 aromatic rings. The van der Waals surface area contributed by atoms with Gasteiger partial charge in [0.05, 0.1) is 6.04 Å². The number of carbonyl (C=O) groups excluding carboxylic acids is 1. The molecule has 21 heavy (non-hydrogen) atoms. The summed E-state index contributed by atoms with van der Waals surface area (Å²) in [7, 11) is 1.74. The van der Waals surface area contributed by atoms with Crippen LogP contribution in [0.3, 0.4) is 0 Å². The summed E-state index contributed by atoms with van der Waals surface area (Å²) in [5.74, 6) is 0.757. The molecular formula is C15H15N3O2S. The van der Waals surface area contributed by atoms with Gasteiger partial charge in [-0.15, -0.1) is 11.3 Å². The second-order valence-electron chi connectivity index (χ2n) is 4.74. The fraction of sp³-hybridized carbons (Fsp3) is 0.200. The molecule has 1 aromatic carbocycles. The van der Waals surface area contributed by atoms with Gasteiger partial charge in [-0.25, -0.2) is 9.78 Å². The standard InChI is InChI=1S/C15H15N3O2S/c1-10(13-9-11-5-3-4-6-12(11)20-13)18(2)15(19)17-14-16-7-8-21-14/h3-10H,1-2H3,(H,16,17,19). The summed E-state index contributed by atoms with van der Waals surface area (Å²) in [6.07, 6.45) is 1.66. The van der Waals surface area contributed by atoms with Gasteiger partial charge < -0.3 is 9.32 Å². The van der Waals surface area contributed by atoms with Crippen LogP contribution in [0.5, 0.6) is 0 Å². The first-order valence-corrected chi connectivity index (χ1v) is 7.45. The van der Waals surface area contributed by atoms with Crippen LogP contribution >= 0.6 is 11.3 Å². The van der Waals surface area contributed by atoms with E-state index in [-0.39, 0.29) is 12.1 Å². The number of furan rings is 1. The van der Waals surface area contributed by atoms with Crippen molar-refractivity contribution in [3.63, 3.8) is 0 Å². The van der Waals surface area contributed by atoms with E-state index in [4.69, 9.17) is 4.42 Å². The summed E-state index contributed by atoms with van der Waals surface area (Å²) in [4.78, 5) is 17.8. The quantitative estimate of drug-likeness (QED) is 0.792. The van der Waals surface area contributed by atoms with Crippen molar-refractivity contribution in [2.24, 2.45) is 0 Å². The molecule has 1 N–H and O–H groups in total. The van der Waals surface area contributed by atoms with Gasteiger partial charge in [-0.2, -0.15) is 0 Å². The molecule has 2 aromatic heterocycles. The van der Waals surface area contributed by atoms with Gasteiger partial charge >= 0.3 is 6.03 Å². The first kappa shape index (κ1) is 13.6. The number of rotatable bonds is 3. The minimum absolute atomic E-state index is 0.169. The average molecular weight is 301 g/mol. The topological polar surface area (TPSA) is 58.4 Å². The van der Waals surface area contributed by atoms with Crippen LogP contribution in [0.15, 0.2) is 46.3 Å². The number of urea groups is 1. The van der Waals surface area contributed by atoms with Crippen LogP contribution in [0.1, 0.15) is 18.7 Å². The molecule has 0 saturated heterocycles. The Labute approximate surface area is 126 Å². The Morgan fingerprint density at radius 2 is 2.24 bits per heavy atom. The molecule has 1 atom stereocenters. The minimum atomic E-state index is -0.210. The maximum atomic E-state index is 12.2. The summed E-state index contributed by atoms with van der Waals surface area (Å²) < 4.78 is 5.80. The predicted octanol–water partition coefficient (Wildman–Crippen LogP) is 4.11. The number of aromatic nitrogens is 1. The van der Waals surface area contributed by atoms with Crippen molar-refractivity contribution >= 4 is 33.5 Å². The van der Waals surface area contributed by atoms with Crippen LogP contribution < -0.4 is 5.32 Å². The third kappa shape index (κ3) is 2.75. The smallest absolute Gasteiger partial charge is 0.323 e. The Kier molecular flexibility index (Phi) is 3.62. The van der Waals surface area contributed by atoms with Crippen LogP contribution in [-0.2, 0) is 0 Å². The van der Waals surface area contributed by atoms with Crippen molar-refractivity contribution in [2.75, 3.05) is 12.4 Å². The number of carbonyl (C=O) groups is 1. The number of amides is 2. The van der Waals surface area contributed by atoms with E-state index in [2.05, 4.69) is 10.3 Å². The van der Waals surface area contributed by atoms with E-state index >= 15 is 0 Å². The molecule has 0 bridgehead atoms. The number of fused-ring (bicyclic) bond motifs is 1. The molecular weight excluding hydrogens is 286 g/mol. The maximum Gasteiger partial charge on any atom is 0.323 e. The lowest BCUT2D eigenvalue weighted by molar-refractivity contribution is 0.201. The van der Waals surface area contributed by atoms with Crippen molar-refractivity contribution in [3.8, 4) is 0 Å². The van der Waals surface area contributed by atoms with Gasteiger partial charge in [0.25, 0.3) is 0 Å². The number of hydrogen-bond donors (Lipinski definition) is 1. The van der Waals surface area contributed by atoms with Crippen LogP contribution in [0, 0.1) is 0 Å². The van der Waals surface area contributed by atoms with Crippen molar-refractivity contribution < 1.29 is 9.21 Å². The molecule has 0 spiro atoms. The third-order valence-electron chi connectivity index (χ3n) is 3.40. The maximum absolute atomic E-state index is 12.2. The highest BCUT2D eigenvalue weighted by Crippen LogP contribution is 2.27. The highest BCUT2D eigenvalue weighted by molar-refractivity contribution is 7.13. The zero-order valence-electron chi connectivity index (χ0n) is 11.7. The highest BCUT2D eigenvalue weighted by atomic mass is 32.1. The number of anilines is 1. The monoisotopic (exact) mass is 301 g/mol. The fourth-order valence-corrected chi connectivity index (χ4v) is 2.56. The molecule has 2 heterocycles. The lowest BCUT2D eigenvalue weighted by Gasteiger charge is -2.22. The Morgan fingerprint density at radius 1 is 1.43 bits per heavy atom. The van der Waals surface area contributed by atoms with E-state index in [1.54, 1.807) is 18.1 Å². The van der Waals surface area contributed by atoms with Gasteiger partial charge in [0, 0.05) is 24.0 Å². The molecule has 5 nitrogen and oxygen atoms in total. The fourth-order valence-electron chi connectivity index (χ4n) is 2.04. The highest BCUT2D eigenvalue weighted by Gasteiger charge is 2.21. The number of benzene rings is 1. The number of nitrogens with zero attached hydrogens (tertiary/aromatic N) is 2. The van der Waals surface area contributed by atoms with Gasteiger partial charge in [0.2, 0.25) is 0 Å². The van der Waals surface area contributed by atoms with Crippen molar-refractivity contribution in [1.29, 1.82) is 0 Å². The van der Waals surface area contributed by atoms with Gasteiger partial charge in [-0.3, -0.25) is 5.32 Å². The Balaban J connectivity index is 1.77. The molecule has 0 aliphatic heterocycles. The van der Waals surface area contributed by atoms with Gasteiger partial charge in [0.15, 0.2) is 5.13 Å². The lowest BCUT2D eigenvalue weighted by atomic mass is 10.2. The average Bonchev–Trinajstić information content (AvgIpc) is 3.14. The predicted molar refractivity (Wildman–Crippen MR) is 83.5 cm³/mol. The SMILES string of the molecule is CC(c1cc2ccccc2o1)N(C)C(=O)Nc1nccs1. The van der Waals surface area contributed by atoms with Gasteiger partial charge in [0.1, 0.15) is 11.3 Å². The van der Waals surface area contributed by atoms with Crippen molar-refractivity contribution in [3.05, 3.63) is 47.7 Å². The Bertz CT molecular complexity index is 718. The normalized spacial score (nSPS) is 12.3. The molecule has 2 amide bonds. The number of hydrogen-bond acceptors (Lipinski definition) is 4. The third-order valence-corrected chi connectivity index (χ3v) is 4.09. The van der Waals surface area contributed by atoms with E-state index in [1.807, 2.05) is 42.6 Å². The van der Waals surface area contributed by atoms with Crippen LogP contribution in [0.2, 0.25) is 0 Å². The number of para-hydroxylation sites is 1. The van der Waals surface area contributed by atoms with Gasteiger partial charge in [-0.05, 0) is 19.1 Å². The summed E-state index contributed by atoms with van der Waals surface area (Å²) in [6.45, 7) is 1.93. The zero-order valence-corrected chi connectivity index (χ0v) is 12.6. The molecule has 0 saturated carbocycles. The molecule has 1 unspecified atom stereocenters. The lowest BCUT2D eigenvalue weighted by Crippen LogP contribution is -2.33. The Morgan fingerprint density at radius 3 is 2.95 bits per heavy atom. The molecule has 3 rings (SSSR count). The van der Waals surface area contributed by atoms with Crippen LogP contribution in [0.4, 0.5) is 9.93 Å². The van der Waals surface area contributed by atoms with E-state index in [0.29, 0.717) is 5.13 Å². The van der Waals surface area contributed by atoms with E-state index in [0.717, 1.165) is 16.7 Å². The van der Waals surface area contributed by atoms with Crippen molar-refractivity contribution in [2.45, 2.75) is 13.0 Å². The van der Waals surface area contributed by atoms with E-state index < -0.39 is 0 Å². The van der Waals surface area contributed by atoms with Crippen molar-refractivity contribution in [1.82, 2.24) is 9.88 Å². The summed E-state index contributed by atoms with van der Waals surface area (Å²) >= 11 is 1.39. The first-order valence-electron chi connectivity index (χ1n) is 6.57. The molecule has 0 fully saturated rings. The molecule has 0 radical (unpaired) electrons. The molecule has 108 valence electrons.